The molecule has 1 heterocycles. The molecule has 0 aliphatic rings. The van der Waals surface area contributed by atoms with Crippen molar-refractivity contribution in [1.82, 2.24) is 14.4 Å². The zero-order chi connectivity index (χ0) is 25.0. The monoisotopic (exact) mass is 520 g/mol. The van der Waals surface area contributed by atoms with Crippen LogP contribution in [0.5, 0.6) is 0 Å². The number of rotatable bonds is 10. The predicted octanol–water partition coefficient (Wildman–Crippen LogP) is 3.22. The van der Waals surface area contributed by atoms with E-state index in [0.29, 0.717) is 0 Å². The van der Waals surface area contributed by atoms with Crippen LogP contribution >= 0.6 is 11.6 Å². The number of carbonyl (C=O) groups excluding carboxylic acids is 1. The molecule has 2 aromatic carbocycles. The van der Waals surface area contributed by atoms with Gasteiger partial charge in [-0.05, 0) is 30.3 Å². The summed E-state index contributed by atoms with van der Waals surface area (Å²) in [6.07, 6.45) is -4.81. The first-order valence-electron chi connectivity index (χ1n) is 9.52. The van der Waals surface area contributed by atoms with E-state index < -0.39 is 58.2 Å². The molecule has 14 heteroatoms. The zero-order valence-corrected chi connectivity index (χ0v) is 18.7. The minimum Gasteiger partial charge on any atom is -0.368 e. The highest BCUT2D eigenvalue weighted by Crippen LogP contribution is 2.28. The van der Waals surface area contributed by atoms with E-state index in [9.17, 15) is 30.8 Å². The highest BCUT2D eigenvalue weighted by Gasteiger charge is 2.44. The molecule has 0 aliphatic carbocycles. The summed E-state index contributed by atoms with van der Waals surface area (Å²) in [4.78, 5) is 15.4. The van der Waals surface area contributed by atoms with Crippen molar-refractivity contribution in [1.29, 1.82) is 0 Å². The van der Waals surface area contributed by atoms with Gasteiger partial charge in [0.25, 0.3) is 0 Å². The first-order chi connectivity index (χ1) is 16.1. The van der Waals surface area contributed by atoms with Gasteiger partial charge in [-0.1, -0.05) is 28.9 Å². The van der Waals surface area contributed by atoms with E-state index in [1.807, 2.05) is 0 Å². The average molecular weight is 521 g/mol. The van der Waals surface area contributed by atoms with E-state index in [1.54, 1.807) is 0 Å². The van der Waals surface area contributed by atoms with Gasteiger partial charge in [-0.3, -0.25) is 4.79 Å². The molecular weight excluding hydrogens is 504 g/mol. The molecular formula is C20H17ClF4N4O4S. The lowest BCUT2D eigenvalue weighted by Gasteiger charge is -2.31. The lowest BCUT2D eigenvalue weighted by molar-refractivity contribution is -0.125. The van der Waals surface area contributed by atoms with Gasteiger partial charge in [0.15, 0.2) is 12.3 Å². The number of primary amides is 1. The summed E-state index contributed by atoms with van der Waals surface area (Å²) in [5, 5.41) is 3.72. The smallest absolute Gasteiger partial charge is 0.244 e. The molecule has 0 radical (unpaired) electrons. The number of nitrogens with zero attached hydrogens (tertiary/aromatic N) is 3. The summed E-state index contributed by atoms with van der Waals surface area (Å²) in [5.74, 6) is -2.53. The second-order valence-electron chi connectivity index (χ2n) is 7.03. The van der Waals surface area contributed by atoms with Crippen molar-refractivity contribution in [3.63, 3.8) is 0 Å². The van der Waals surface area contributed by atoms with Gasteiger partial charge in [-0.15, -0.1) is 0 Å². The molecule has 3 aromatic rings. The number of hydrogen-bond acceptors (Lipinski definition) is 6. The third-order valence-electron chi connectivity index (χ3n) is 4.82. The lowest BCUT2D eigenvalue weighted by Crippen LogP contribution is -2.55. The van der Waals surface area contributed by atoms with Crippen molar-refractivity contribution in [2.24, 2.45) is 5.73 Å². The van der Waals surface area contributed by atoms with Crippen LogP contribution in [0.15, 0.2) is 58.3 Å². The molecule has 182 valence electrons. The number of alkyl halides is 3. The van der Waals surface area contributed by atoms with Gasteiger partial charge in [0.05, 0.1) is 4.90 Å². The van der Waals surface area contributed by atoms with Crippen molar-refractivity contribution in [3.8, 4) is 11.4 Å². The summed E-state index contributed by atoms with van der Waals surface area (Å²) >= 11 is 5.77. The maximum Gasteiger partial charge on any atom is 0.244 e. The van der Waals surface area contributed by atoms with Crippen LogP contribution in [0.2, 0.25) is 5.02 Å². The molecule has 2 N–H and O–H groups in total. The second-order valence-corrected chi connectivity index (χ2v) is 9.35. The molecule has 3 rings (SSSR count). The number of amides is 1. The standard InChI is InChI=1S/C20H17ClF4N4O4S/c21-13-3-5-14(6-4-13)34(31,32)29(18(19(26)30)17(25)16(24)8-22)9-12-2-1-11(7-15(12)23)20-27-10-33-28-20/h1-7,10,16-18H,8-9H2,(H2,26,30). The van der Waals surface area contributed by atoms with Gasteiger partial charge < -0.3 is 10.3 Å². The Kier molecular flexibility index (Phi) is 7.89. The van der Waals surface area contributed by atoms with Gasteiger partial charge in [-0.2, -0.15) is 9.29 Å². The Morgan fingerprint density at radius 3 is 2.38 bits per heavy atom. The predicted molar refractivity (Wildman–Crippen MR) is 113 cm³/mol. The molecule has 1 amide bonds. The van der Waals surface area contributed by atoms with Gasteiger partial charge in [0, 0.05) is 22.7 Å². The molecule has 0 saturated carbocycles. The van der Waals surface area contributed by atoms with E-state index in [4.69, 9.17) is 17.3 Å². The third kappa shape index (κ3) is 5.37. The van der Waals surface area contributed by atoms with Crippen LogP contribution in [0.1, 0.15) is 5.56 Å². The Morgan fingerprint density at radius 2 is 1.85 bits per heavy atom. The Labute approximate surface area is 196 Å². The van der Waals surface area contributed by atoms with Crippen molar-refractivity contribution in [3.05, 3.63) is 65.3 Å². The Hall–Kier alpha value is -3.03. The van der Waals surface area contributed by atoms with Crippen LogP contribution in [0.25, 0.3) is 11.4 Å². The summed E-state index contributed by atoms with van der Waals surface area (Å²) in [6, 6.07) is 5.45. The molecule has 0 aliphatic heterocycles. The van der Waals surface area contributed by atoms with E-state index >= 15 is 0 Å². The highest BCUT2D eigenvalue weighted by atomic mass is 35.5. The fourth-order valence-electron chi connectivity index (χ4n) is 3.10. The van der Waals surface area contributed by atoms with Crippen molar-refractivity contribution >= 4 is 27.5 Å². The summed E-state index contributed by atoms with van der Waals surface area (Å²) in [7, 11) is -4.78. The summed E-state index contributed by atoms with van der Waals surface area (Å²) < 4.78 is 87.7. The molecule has 8 nitrogen and oxygen atoms in total. The first kappa shape index (κ1) is 25.6. The van der Waals surface area contributed by atoms with Gasteiger partial charge in [-0.25, -0.2) is 26.0 Å². The molecule has 3 unspecified atom stereocenters. The largest absolute Gasteiger partial charge is 0.368 e. The van der Waals surface area contributed by atoms with E-state index in [0.717, 1.165) is 30.7 Å². The summed E-state index contributed by atoms with van der Waals surface area (Å²) in [5.41, 5.74) is 5.05. The minimum atomic E-state index is -4.78. The number of nitrogens with two attached hydrogens (primary N) is 1. The van der Waals surface area contributed by atoms with Gasteiger partial charge in [0.2, 0.25) is 28.1 Å². The zero-order valence-electron chi connectivity index (χ0n) is 17.1. The normalized spacial score (nSPS) is 14.6. The topological polar surface area (TPSA) is 119 Å². The minimum absolute atomic E-state index is 0.0399. The van der Waals surface area contributed by atoms with Crippen LogP contribution in [0.4, 0.5) is 17.6 Å². The van der Waals surface area contributed by atoms with Crippen LogP contribution in [0.3, 0.4) is 0 Å². The fourth-order valence-corrected chi connectivity index (χ4v) is 4.80. The molecule has 34 heavy (non-hydrogen) atoms. The Bertz CT molecular complexity index is 1250. The quantitative estimate of drug-likeness (QED) is 0.410. The van der Waals surface area contributed by atoms with Gasteiger partial charge >= 0.3 is 0 Å². The van der Waals surface area contributed by atoms with E-state index in [-0.39, 0.29) is 26.3 Å². The van der Waals surface area contributed by atoms with Crippen molar-refractivity contribution < 1.29 is 35.3 Å². The Morgan fingerprint density at radius 1 is 1.18 bits per heavy atom. The SMILES string of the molecule is NC(=O)C(C(F)C(F)CF)N(Cc1ccc(-c2ncon2)cc1F)S(=O)(=O)c1ccc(Cl)cc1. The lowest BCUT2D eigenvalue weighted by atomic mass is 10.1. The van der Waals surface area contributed by atoms with Crippen LogP contribution in [-0.2, 0) is 21.4 Å². The fraction of sp³-hybridized carbons (Fsp3) is 0.250. The van der Waals surface area contributed by atoms with E-state index in [1.165, 1.54) is 18.2 Å². The van der Waals surface area contributed by atoms with Crippen LogP contribution in [-0.4, -0.2) is 53.8 Å². The van der Waals surface area contributed by atoms with Crippen LogP contribution in [0, 0.1) is 5.82 Å². The number of carbonyl (C=O) groups is 1. The van der Waals surface area contributed by atoms with Gasteiger partial charge in [0.1, 0.15) is 18.5 Å². The molecule has 0 spiro atoms. The number of halogens is 5. The van der Waals surface area contributed by atoms with E-state index in [2.05, 4.69) is 14.7 Å². The summed E-state index contributed by atoms with van der Waals surface area (Å²) in [6.45, 7) is -2.77. The molecule has 0 bridgehead atoms. The number of hydrogen-bond donors (Lipinski definition) is 1. The number of sulfonamides is 1. The van der Waals surface area contributed by atoms with Crippen LogP contribution < -0.4 is 5.73 Å². The number of benzene rings is 2. The highest BCUT2D eigenvalue weighted by molar-refractivity contribution is 7.89. The third-order valence-corrected chi connectivity index (χ3v) is 6.91. The molecule has 1 aromatic heterocycles. The maximum absolute atomic E-state index is 14.9. The molecule has 0 saturated heterocycles. The maximum atomic E-state index is 14.9. The second kappa shape index (κ2) is 10.5. The Balaban J connectivity index is 2.09. The average Bonchev–Trinajstić information content (AvgIpc) is 3.34. The molecule has 3 atom stereocenters. The first-order valence-corrected chi connectivity index (χ1v) is 11.3. The van der Waals surface area contributed by atoms with Crippen molar-refractivity contribution in [2.45, 2.75) is 29.8 Å². The number of aromatic nitrogens is 2. The van der Waals surface area contributed by atoms with Crippen molar-refractivity contribution in [2.75, 3.05) is 6.67 Å². The molecule has 0 fully saturated rings.